The summed E-state index contributed by atoms with van der Waals surface area (Å²) in [5.41, 5.74) is 2.17. The zero-order valence-corrected chi connectivity index (χ0v) is 13.5. The highest BCUT2D eigenvalue weighted by Crippen LogP contribution is 2.15. The minimum absolute atomic E-state index is 0.433. The van der Waals surface area contributed by atoms with Gasteiger partial charge in [-0.25, -0.2) is 8.78 Å². The first-order chi connectivity index (χ1) is 10.8. The van der Waals surface area contributed by atoms with E-state index in [1.807, 2.05) is 18.9 Å². The fraction of sp³-hybridized carbons (Fsp3) is 0.353. The Morgan fingerprint density at radius 3 is 2.57 bits per heavy atom. The summed E-state index contributed by atoms with van der Waals surface area (Å²) in [5, 5.41) is 14.2. The molecule has 0 bridgehead atoms. The predicted octanol–water partition coefficient (Wildman–Crippen LogP) is 2.77. The van der Waals surface area contributed by atoms with Crippen molar-refractivity contribution < 1.29 is 13.9 Å². The molecule has 2 aromatic rings. The number of hydrogen-bond acceptors (Lipinski definition) is 3. The zero-order chi connectivity index (χ0) is 17.0. The molecule has 4 nitrogen and oxygen atoms in total. The van der Waals surface area contributed by atoms with Gasteiger partial charge in [0, 0.05) is 32.4 Å². The minimum Gasteiger partial charge on any atom is -0.385 e. The number of aliphatic hydroxyl groups excluding tert-OH is 1. The third-order valence-electron chi connectivity index (χ3n) is 3.50. The molecule has 6 heteroatoms. The van der Waals surface area contributed by atoms with Gasteiger partial charge in [-0.15, -0.1) is 0 Å². The summed E-state index contributed by atoms with van der Waals surface area (Å²) in [7, 11) is 3.66. The lowest BCUT2D eigenvalue weighted by molar-refractivity contribution is 0.123. The highest BCUT2D eigenvalue weighted by atomic mass is 19.1. The highest BCUT2D eigenvalue weighted by molar-refractivity contribution is 5.52. The molecule has 0 radical (unpaired) electrons. The van der Waals surface area contributed by atoms with E-state index in [1.54, 1.807) is 30.1 Å². The molecule has 0 aliphatic rings. The SMILES string of the molecule is C/C(=C\c1cc(F)cc(F)c1)CN(C)CC(O)c1ccnn1C. The van der Waals surface area contributed by atoms with Crippen molar-refractivity contribution >= 4 is 6.08 Å². The van der Waals surface area contributed by atoms with E-state index in [2.05, 4.69) is 5.10 Å². The maximum Gasteiger partial charge on any atom is 0.126 e. The third kappa shape index (κ3) is 4.97. The first kappa shape index (κ1) is 17.3. The lowest BCUT2D eigenvalue weighted by Crippen LogP contribution is -2.27. The largest absolute Gasteiger partial charge is 0.385 e. The summed E-state index contributed by atoms with van der Waals surface area (Å²) in [6, 6.07) is 5.20. The topological polar surface area (TPSA) is 41.3 Å². The van der Waals surface area contributed by atoms with E-state index in [0.717, 1.165) is 17.3 Å². The van der Waals surface area contributed by atoms with Crippen LogP contribution in [0.3, 0.4) is 0 Å². The first-order valence-electron chi connectivity index (χ1n) is 7.33. The Morgan fingerprint density at radius 2 is 2.00 bits per heavy atom. The van der Waals surface area contributed by atoms with Crippen LogP contribution >= 0.6 is 0 Å². The summed E-state index contributed by atoms with van der Waals surface area (Å²) in [5.74, 6) is -1.19. The van der Waals surface area contributed by atoms with Crippen LogP contribution in [-0.2, 0) is 7.05 Å². The van der Waals surface area contributed by atoms with Crippen molar-refractivity contribution in [3.8, 4) is 0 Å². The lowest BCUT2D eigenvalue weighted by atomic mass is 10.1. The van der Waals surface area contributed by atoms with Gasteiger partial charge in [-0.2, -0.15) is 5.10 Å². The van der Waals surface area contributed by atoms with Gasteiger partial charge in [0.05, 0.1) is 5.69 Å². The monoisotopic (exact) mass is 321 g/mol. The number of hydrogen-bond donors (Lipinski definition) is 1. The molecule has 0 fully saturated rings. The maximum atomic E-state index is 13.2. The average Bonchev–Trinajstić information content (AvgIpc) is 2.83. The Kier molecular flexibility index (Phi) is 5.63. The van der Waals surface area contributed by atoms with Gasteiger partial charge in [-0.1, -0.05) is 11.6 Å². The Balaban J connectivity index is 1.97. The lowest BCUT2D eigenvalue weighted by Gasteiger charge is -2.21. The molecular formula is C17H21F2N3O. The molecule has 0 saturated carbocycles. The Morgan fingerprint density at radius 1 is 1.35 bits per heavy atom. The van der Waals surface area contributed by atoms with E-state index in [0.29, 0.717) is 18.7 Å². The van der Waals surface area contributed by atoms with Crippen LogP contribution in [0, 0.1) is 11.6 Å². The molecule has 2 rings (SSSR count). The molecule has 1 N–H and O–H groups in total. The molecule has 1 heterocycles. The van der Waals surface area contributed by atoms with Crippen molar-refractivity contribution in [2.75, 3.05) is 20.1 Å². The molecular weight excluding hydrogens is 300 g/mol. The number of aryl methyl sites for hydroxylation is 1. The van der Waals surface area contributed by atoms with Crippen molar-refractivity contribution in [3.63, 3.8) is 0 Å². The number of rotatable bonds is 6. The van der Waals surface area contributed by atoms with Gasteiger partial charge >= 0.3 is 0 Å². The van der Waals surface area contributed by atoms with Gasteiger partial charge in [-0.3, -0.25) is 9.58 Å². The fourth-order valence-electron chi connectivity index (χ4n) is 2.58. The van der Waals surface area contributed by atoms with Crippen LogP contribution in [0.4, 0.5) is 8.78 Å². The molecule has 1 unspecified atom stereocenters. The van der Waals surface area contributed by atoms with Crippen molar-refractivity contribution in [1.29, 1.82) is 0 Å². The van der Waals surface area contributed by atoms with Crippen LogP contribution in [0.1, 0.15) is 24.3 Å². The van der Waals surface area contributed by atoms with E-state index in [9.17, 15) is 13.9 Å². The van der Waals surface area contributed by atoms with Gasteiger partial charge in [0.25, 0.3) is 0 Å². The summed E-state index contributed by atoms with van der Waals surface area (Å²) in [6.07, 6.45) is 2.73. The number of benzene rings is 1. The molecule has 1 aromatic carbocycles. The predicted molar refractivity (Wildman–Crippen MR) is 85.7 cm³/mol. The maximum absolute atomic E-state index is 13.2. The Hall–Kier alpha value is -2.05. The van der Waals surface area contributed by atoms with Crippen molar-refractivity contribution in [3.05, 3.63) is 58.9 Å². The van der Waals surface area contributed by atoms with Gasteiger partial charge < -0.3 is 5.11 Å². The minimum atomic E-state index is -0.646. The molecule has 124 valence electrons. The summed E-state index contributed by atoms with van der Waals surface area (Å²) in [4.78, 5) is 1.94. The zero-order valence-electron chi connectivity index (χ0n) is 13.5. The second-order valence-corrected chi connectivity index (χ2v) is 5.79. The average molecular weight is 321 g/mol. The molecule has 1 aromatic heterocycles. The van der Waals surface area contributed by atoms with E-state index < -0.39 is 17.7 Å². The Bertz CT molecular complexity index is 677. The van der Waals surface area contributed by atoms with Crippen LogP contribution in [0.5, 0.6) is 0 Å². The van der Waals surface area contributed by atoms with E-state index >= 15 is 0 Å². The van der Waals surface area contributed by atoms with E-state index in [-0.39, 0.29) is 0 Å². The smallest absolute Gasteiger partial charge is 0.126 e. The quantitative estimate of drug-likeness (QED) is 0.889. The highest BCUT2D eigenvalue weighted by Gasteiger charge is 2.14. The number of likely N-dealkylation sites (N-methyl/N-ethyl adjacent to an activating group) is 1. The van der Waals surface area contributed by atoms with Gasteiger partial charge in [0.1, 0.15) is 17.7 Å². The number of aliphatic hydroxyl groups is 1. The normalized spacial score (nSPS) is 13.6. The van der Waals surface area contributed by atoms with E-state index in [1.165, 1.54) is 12.1 Å². The van der Waals surface area contributed by atoms with Gasteiger partial charge in [0.15, 0.2) is 0 Å². The molecule has 0 aliphatic heterocycles. The number of aromatic nitrogens is 2. The molecule has 0 spiro atoms. The van der Waals surface area contributed by atoms with Gasteiger partial charge in [-0.05, 0) is 37.7 Å². The standard InChI is InChI=1S/C17H21F2N3O/c1-12(6-13-7-14(18)9-15(19)8-13)10-21(2)11-17(23)16-4-5-20-22(16)3/h4-9,17,23H,10-11H2,1-3H3/b12-6+. The van der Waals surface area contributed by atoms with Crippen LogP contribution < -0.4 is 0 Å². The van der Waals surface area contributed by atoms with Crippen LogP contribution in [0.2, 0.25) is 0 Å². The number of halogens is 2. The summed E-state index contributed by atoms with van der Waals surface area (Å²) < 4.78 is 28.0. The van der Waals surface area contributed by atoms with Crippen LogP contribution in [0.15, 0.2) is 36.0 Å². The molecule has 0 amide bonds. The molecule has 0 aliphatic carbocycles. The van der Waals surface area contributed by atoms with E-state index in [4.69, 9.17) is 0 Å². The van der Waals surface area contributed by atoms with Crippen molar-refractivity contribution in [2.24, 2.45) is 7.05 Å². The summed E-state index contributed by atoms with van der Waals surface area (Å²) in [6.45, 7) is 2.89. The van der Waals surface area contributed by atoms with Crippen molar-refractivity contribution in [1.82, 2.24) is 14.7 Å². The van der Waals surface area contributed by atoms with Crippen LogP contribution in [0.25, 0.3) is 6.08 Å². The second kappa shape index (κ2) is 7.48. The fourth-order valence-corrected chi connectivity index (χ4v) is 2.58. The second-order valence-electron chi connectivity index (χ2n) is 5.79. The molecule has 0 saturated heterocycles. The van der Waals surface area contributed by atoms with Crippen LogP contribution in [-0.4, -0.2) is 39.9 Å². The van der Waals surface area contributed by atoms with Crippen molar-refractivity contribution in [2.45, 2.75) is 13.0 Å². The molecule has 1 atom stereocenters. The Labute approximate surface area is 134 Å². The van der Waals surface area contributed by atoms with Gasteiger partial charge in [0.2, 0.25) is 0 Å². The summed E-state index contributed by atoms with van der Waals surface area (Å²) >= 11 is 0. The third-order valence-corrected chi connectivity index (χ3v) is 3.50. The molecule has 23 heavy (non-hydrogen) atoms. The first-order valence-corrected chi connectivity index (χ1v) is 7.33. The number of nitrogens with zero attached hydrogens (tertiary/aromatic N) is 3.